The number of hydrogen-bond acceptors (Lipinski definition) is 3. The molecular weight excluding hydrogens is 342 g/mol. The van der Waals surface area contributed by atoms with E-state index in [1.54, 1.807) is 7.11 Å². The predicted octanol–water partition coefficient (Wildman–Crippen LogP) is 3.76. The monoisotopic (exact) mass is 369 g/mol. The number of benzene rings is 1. The summed E-state index contributed by atoms with van der Waals surface area (Å²) in [5.74, 6) is 1.70. The topological polar surface area (TPSA) is 55.7 Å². The summed E-state index contributed by atoms with van der Waals surface area (Å²) in [5.41, 5.74) is 1.69. The predicted molar refractivity (Wildman–Crippen MR) is 105 cm³/mol. The normalized spacial score (nSPS) is 24.1. The minimum absolute atomic E-state index is 0.0379. The second-order valence-corrected chi connectivity index (χ2v) is 7.34. The van der Waals surface area contributed by atoms with Crippen LogP contribution >= 0.6 is 0 Å². The molecule has 0 spiro atoms. The highest BCUT2D eigenvalue weighted by Crippen LogP contribution is 2.38. The number of carbonyl (C=O) groups excluding carboxylic acids is 1. The number of anilines is 1. The van der Waals surface area contributed by atoms with E-state index in [9.17, 15) is 4.79 Å². The fourth-order valence-corrected chi connectivity index (χ4v) is 4.50. The van der Waals surface area contributed by atoms with Gasteiger partial charge in [0.25, 0.3) is 0 Å². The van der Waals surface area contributed by atoms with Crippen LogP contribution in [0.1, 0.15) is 19.8 Å². The summed E-state index contributed by atoms with van der Waals surface area (Å²) in [7, 11) is 1.79. The zero-order valence-electron chi connectivity index (χ0n) is 15.9. The van der Waals surface area contributed by atoms with Gasteiger partial charge in [0.1, 0.15) is 5.75 Å². The van der Waals surface area contributed by atoms with Crippen molar-refractivity contribution in [2.45, 2.75) is 25.9 Å². The van der Waals surface area contributed by atoms with Gasteiger partial charge in [0.15, 0.2) is 0 Å². The first-order chi connectivity index (χ1) is 13.2. The van der Waals surface area contributed by atoms with Crippen molar-refractivity contribution >= 4 is 11.7 Å². The van der Waals surface area contributed by atoms with Crippen molar-refractivity contribution in [3.8, 4) is 11.4 Å². The number of urea groups is 1. The van der Waals surface area contributed by atoms with Gasteiger partial charge in [-0.15, -0.1) is 0 Å². The first-order valence-electron chi connectivity index (χ1n) is 9.68. The van der Waals surface area contributed by atoms with Gasteiger partial charge < -0.3 is 24.3 Å². The molecule has 2 heterocycles. The molecular formula is C21H27N3O3. The highest BCUT2D eigenvalue weighted by atomic mass is 16.5. The van der Waals surface area contributed by atoms with E-state index in [-0.39, 0.29) is 6.03 Å². The maximum Gasteiger partial charge on any atom is 0.321 e. The highest BCUT2D eigenvalue weighted by Gasteiger charge is 2.43. The molecule has 1 aliphatic carbocycles. The van der Waals surface area contributed by atoms with Crippen LogP contribution in [0.15, 0.2) is 42.7 Å². The number of amides is 2. The first-order valence-corrected chi connectivity index (χ1v) is 9.68. The third-order valence-electron chi connectivity index (χ3n) is 5.70. The maximum absolute atomic E-state index is 12.8. The van der Waals surface area contributed by atoms with Gasteiger partial charge in [-0.2, -0.15) is 0 Å². The molecule has 1 aromatic heterocycles. The van der Waals surface area contributed by atoms with Gasteiger partial charge in [-0.05, 0) is 50.1 Å². The lowest BCUT2D eigenvalue weighted by Crippen LogP contribution is -2.49. The van der Waals surface area contributed by atoms with Gasteiger partial charge in [0, 0.05) is 50.1 Å². The van der Waals surface area contributed by atoms with Crippen molar-refractivity contribution in [2.24, 2.45) is 11.8 Å². The Balaban J connectivity index is 1.49. The number of nitrogens with zero attached hydrogens (tertiary/aromatic N) is 2. The molecule has 1 aliphatic heterocycles. The molecule has 2 aliphatic rings. The first kappa shape index (κ1) is 17.9. The largest absolute Gasteiger partial charge is 0.492 e. The minimum Gasteiger partial charge on any atom is -0.492 e. The van der Waals surface area contributed by atoms with Gasteiger partial charge in [-0.25, -0.2) is 4.79 Å². The van der Waals surface area contributed by atoms with Crippen LogP contribution in [-0.4, -0.2) is 48.4 Å². The van der Waals surface area contributed by atoms with Crippen LogP contribution in [0.25, 0.3) is 5.69 Å². The summed E-state index contributed by atoms with van der Waals surface area (Å²) in [6.07, 6.45) is 6.54. The number of rotatable bonds is 5. The Morgan fingerprint density at radius 2 is 1.89 bits per heavy atom. The summed E-state index contributed by atoms with van der Waals surface area (Å²) in [4.78, 5) is 14.8. The average Bonchev–Trinajstić information content (AvgIpc) is 3.29. The van der Waals surface area contributed by atoms with Crippen LogP contribution in [0.4, 0.5) is 10.5 Å². The Kier molecular flexibility index (Phi) is 5.07. The number of fused-ring (bicyclic) bond motifs is 2. The number of methoxy groups -OCH3 is 1. The van der Waals surface area contributed by atoms with Crippen molar-refractivity contribution in [2.75, 3.05) is 32.1 Å². The van der Waals surface area contributed by atoms with Gasteiger partial charge in [-0.3, -0.25) is 0 Å². The Labute approximate surface area is 160 Å². The van der Waals surface area contributed by atoms with Crippen LogP contribution in [0, 0.1) is 11.8 Å². The van der Waals surface area contributed by atoms with E-state index < -0.39 is 0 Å². The molecule has 6 nitrogen and oxygen atoms in total. The molecule has 1 N–H and O–H groups in total. The average molecular weight is 369 g/mol. The van der Waals surface area contributed by atoms with E-state index in [2.05, 4.69) is 5.32 Å². The SMILES string of the molecule is CCOc1ccc(NC(=O)N2C[C@H]3CC[C@@H](C2)C3OC)cc1-n1cccc1. The smallest absolute Gasteiger partial charge is 0.321 e. The van der Waals surface area contributed by atoms with Gasteiger partial charge >= 0.3 is 6.03 Å². The zero-order valence-corrected chi connectivity index (χ0v) is 15.9. The van der Waals surface area contributed by atoms with E-state index in [1.165, 1.54) is 0 Å². The molecule has 27 heavy (non-hydrogen) atoms. The Morgan fingerprint density at radius 3 is 2.52 bits per heavy atom. The molecule has 1 saturated carbocycles. The van der Waals surface area contributed by atoms with E-state index in [4.69, 9.17) is 9.47 Å². The second kappa shape index (κ2) is 7.64. The standard InChI is InChI=1S/C21H27N3O3/c1-3-27-19-9-8-17(12-18(19)23-10-4-5-11-23)22-21(25)24-13-15-6-7-16(14-24)20(15)26-2/h4-5,8-12,15-16,20H,3,6-7,13-14H2,1-2H3,(H,22,25)/t15-,16+,20?. The lowest BCUT2D eigenvalue weighted by molar-refractivity contribution is -0.00364. The summed E-state index contributed by atoms with van der Waals surface area (Å²) in [5, 5.41) is 3.06. The van der Waals surface area contributed by atoms with Crippen molar-refractivity contribution in [3.63, 3.8) is 0 Å². The van der Waals surface area contributed by atoms with E-state index in [1.807, 2.05) is 59.1 Å². The number of hydrogen-bond donors (Lipinski definition) is 1. The third-order valence-corrected chi connectivity index (χ3v) is 5.70. The minimum atomic E-state index is -0.0379. The van der Waals surface area contributed by atoms with Crippen molar-refractivity contribution in [1.29, 1.82) is 0 Å². The third kappa shape index (κ3) is 3.54. The molecule has 1 aromatic carbocycles. The number of nitrogens with one attached hydrogen (secondary N) is 1. The summed E-state index contributed by atoms with van der Waals surface area (Å²) in [6.45, 7) is 4.09. The molecule has 1 unspecified atom stereocenters. The van der Waals surface area contributed by atoms with E-state index >= 15 is 0 Å². The van der Waals surface area contributed by atoms with Crippen molar-refractivity contribution in [3.05, 3.63) is 42.7 Å². The fourth-order valence-electron chi connectivity index (χ4n) is 4.50. The van der Waals surface area contributed by atoms with Crippen LogP contribution in [-0.2, 0) is 4.74 Å². The molecule has 1 saturated heterocycles. The van der Waals surface area contributed by atoms with Crippen molar-refractivity contribution in [1.82, 2.24) is 9.47 Å². The molecule has 2 fully saturated rings. The Morgan fingerprint density at radius 1 is 1.19 bits per heavy atom. The highest BCUT2D eigenvalue weighted by molar-refractivity contribution is 5.90. The van der Waals surface area contributed by atoms with Gasteiger partial charge in [0.2, 0.25) is 0 Å². The molecule has 2 bridgehead atoms. The van der Waals surface area contributed by atoms with E-state index in [0.717, 1.165) is 43.1 Å². The molecule has 0 radical (unpaired) electrons. The van der Waals surface area contributed by atoms with Crippen LogP contribution in [0.3, 0.4) is 0 Å². The second-order valence-electron chi connectivity index (χ2n) is 7.34. The maximum atomic E-state index is 12.8. The van der Waals surface area contributed by atoms with Crippen LogP contribution in [0.5, 0.6) is 5.75 Å². The number of carbonyl (C=O) groups is 1. The summed E-state index contributed by atoms with van der Waals surface area (Å²) >= 11 is 0. The molecule has 2 amide bonds. The lowest BCUT2D eigenvalue weighted by Gasteiger charge is -2.37. The van der Waals surface area contributed by atoms with E-state index in [0.29, 0.717) is 24.5 Å². The lowest BCUT2D eigenvalue weighted by atomic mass is 9.95. The molecule has 3 atom stereocenters. The van der Waals surface area contributed by atoms with Gasteiger partial charge in [-0.1, -0.05) is 0 Å². The summed E-state index contributed by atoms with van der Waals surface area (Å²) < 4.78 is 13.4. The van der Waals surface area contributed by atoms with Crippen molar-refractivity contribution < 1.29 is 14.3 Å². The molecule has 144 valence electrons. The zero-order chi connectivity index (χ0) is 18.8. The van der Waals surface area contributed by atoms with Crippen LogP contribution in [0.2, 0.25) is 0 Å². The summed E-state index contributed by atoms with van der Waals surface area (Å²) in [6, 6.07) is 9.67. The fraction of sp³-hybridized carbons (Fsp3) is 0.476. The number of likely N-dealkylation sites (tertiary alicyclic amines) is 1. The quantitative estimate of drug-likeness (QED) is 0.873. The number of piperidine rings is 1. The molecule has 6 heteroatoms. The Bertz CT molecular complexity index is 776. The Hall–Kier alpha value is -2.47. The van der Waals surface area contributed by atoms with Crippen LogP contribution < -0.4 is 10.1 Å². The van der Waals surface area contributed by atoms with Gasteiger partial charge in [0.05, 0.1) is 18.4 Å². The molecule has 4 rings (SSSR count). The number of aromatic nitrogens is 1. The molecule has 2 aromatic rings. The number of ether oxygens (including phenoxy) is 2.